The zero-order valence-electron chi connectivity index (χ0n) is 12.9. The van der Waals surface area contributed by atoms with Gasteiger partial charge < -0.3 is 15.2 Å². The lowest BCUT2D eigenvalue weighted by molar-refractivity contribution is 0.0912. The first-order valence-electron chi connectivity index (χ1n) is 7.55. The largest absolute Gasteiger partial charge is 0.348 e. The smallest absolute Gasteiger partial charge is 0.270 e. The Morgan fingerprint density at radius 3 is 2.77 bits per heavy atom. The van der Waals surface area contributed by atoms with E-state index < -0.39 is 0 Å². The summed E-state index contributed by atoms with van der Waals surface area (Å²) in [7, 11) is 4.24. The van der Waals surface area contributed by atoms with Crippen molar-refractivity contribution < 1.29 is 4.79 Å². The third kappa shape index (κ3) is 3.36. The van der Waals surface area contributed by atoms with Crippen molar-refractivity contribution in [1.82, 2.24) is 25.2 Å². The minimum absolute atomic E-state index is 0.0738. The third-order valence-corrected chi connectivity index (χ3v) is 5.10. The topological polar surface area (TPSA) is 73.9 Å². The number of nitrogens with zero attached hydrogens (tertiary/aromatic N) is 3. The van der Waals surface area contributed by atoms with Crippen molar-refractivity contribution in [3.8, 4) is 10.7 Å². The first-order valence-corrected chi connectivity index (χ1v) is 8.43. The van der Waals surface area contributed by atoms with Gasteiger partial charge in [-0.1, -0.05) is 0 Å². The fraction of sp³-hybridized carbons (Fsp3) is 0.533. The number of aromatic amines is 1. The van der Waals surface area contributed by atoms with Gasteiger partial charge in [-0.15, -0.1) is 11.3 Å². The highest BCUT2D eigenvalue weighted by Crippen LogP contribution is 2.23. The summed E-state index contributed by atoms with van der Waals surface area (Å²) in [6.07, 6.45) is 7.66. The molecular weight excluding hydrogens is 298 g/mol. The number of carbonyl (C=O) groups is 1. The van der Waals surface area contributed by atoms with Crippen LogP contribution in [0.25, 0.3) is 10.7 Å². The van der Waals surface area contributed by atoms with Gasteiger partial charge in [0.15, 0.2) is 0 Å². The highest BCUT2D eigenvalue weighted by Gasteiger charge is 2.24. The lowest BCUT2D eigenvalue weighted by Crippen LogP contribution is -2.41. The summed E-state index contributed by atoms with van der Waals surface area (Å²) in [5, 5.41) is 5.71. The van der Waals surface area contributed by atoms with E-state index in [2.05, 4.69) is 39.3 Å². The van der Waals surface area contributed by atoms with Crippen LogP contribution >= 0.6 is 11.3 Å². The molecule has 0 saturated heterocycles. The Balaban J connectivity index is 1.57. The summed E-state index contributed by atoms with van der Waals surface area (Å²) >= 11 is 1.45. The fourth-order valence-corrected chi connectivity index (χ4v) is 3.64. The van der Waals surface area contributed by atoms with Crippen molar-refractivity contribution in [3.63, 3.8) is 0 Å². The van der Waals surface area contributed by atoms with E-state index in [9.17, 15) is 4.79 Å². The average molecular weight is 319 g/mol. The minimum atomic E-state index is -0.0738. The monoisotopic (exact) mass is 319 g/mol. The second-order valence-electron chi connectivity index (χ2n) is 5.95. The Bertz CT molecular complexity index is 614. The van der Waals surface area contributed by atoms with E-state index in [-0.39, 0.29) is 11.9 Å². The van der Waals surface area contributed by atoms with Gasteiger partial charge in [0.1, 0.15) is 10.7 Å². The van der Waals surface area contributed by atoms with E-state index >= 15 is 0 Å². The standard InChI is InChI=1S/C15H21N5OS/c1-20(2)11-5-3-10(4-6-11)18-14(21)13-8-22-15(19-13)12-7-16-9-17-12/h7-11H,3-6H2,1-2H3,(H,16,17)(H,18,21). The zero-order valence-corrected chi connectivity index (χ0v) is 13.7. The molecular formula is C15H21N5OS. The lowest BCUT2D eigenvalue weighted by atomic mass is 9.90. The fourth-order valence-electron chi connectivity index (χ4n) is 2.87. The average Bonchev–Trinajstić information content (AvgIpc) is 3.19. The van der Waals surface area contributed by atoms with E-state index in [4.69, 9.17) is 0 Å². The van der Waals surface area contributed by atoms with E-state index in [1.165, 1.54) is 11.3 Å². The third-order valence-electron chi connectivity index (χ3n) is 4.23. The summed E-state index contributed by atoms with van der Waals surface area (Å²) in [5.41, 5.74) is 1.33. The van der Waals surface area contributed by atoms with Crippen molar-refractivity contribution in [2.45, 2.75) is 37.8 Å². The predicted molar refractivity (Wildman–Crippen MR) is 86.9 cm³/mol. The zero-order chi connectivity index (χ0) is 15.5. The van der Waals surface area contributed by atoms with Crippen molar-refractivity contribution in [3.05, 3.63) is 23.6 Å². The van der Waals surface area contributed by atoms with Crippen LogP contribution in [0.1, 0.15) is 36.2 Å². The summed E-state index contributed by atoms with van der Waals surface area (Å²) in [6.45, 7) is 0. The second-order valence-corrected chi connectivity index (χ2v) is 6.80. The first kappa shape index (κ1) is 15.2. The molecule has 118 valence electrons. The van der Waals surface area contributed by atoms with Crippen LogP contribution in [-0.2, 0) is 0 Å². The molecule has 2 N–H and O–H groups in total. The van der Waals surface area contributed by atoms with Gasteiger partial charge >= 0.3 is 0 Å². The number of aromatic nitrogens is 3. The molecule has 3 rings (SSSR count). The quantitative estimate of drug-likeness (QED) is 0.905. The molecule has 0 aromatic carbocycles. The van der Waals surface area contributed by atoms with Crippen LogP contribution in [0.4, 0.5) is 0 Å². The van der Waals surface area contributed by atoms with Crippen LogP contribution in [-0.4, -0.2) is 51.9 Å². The van der Waals surface area contributed by atoms with Crippen LogP contribution in [0.15, 0.2) is 17.9 Å². The Hall–Kier alpha value is -1.73. The van der Waals surface area contributed by atoms with Gasteiger partial charge in [0.05, 0.1) is 18.2 Å². The van der Waals surface area contributed by atoms with E-state index in [0.29, 0.717) is 11.7 Å². The molecule has 0 radical (unpaired) electrons. The molecule has 2 heterocycles. The normalized spacial score (nSPS) is 22.0. The molecule has 0 atom stereocenters. The van der Waals surface area contributed by atoms with Crippen molar-refractivity contribution in [1.29, 1.82) is 0 Å². The van der Waals surface area contributed by atoms with Crippen LogP contribution < -0.4 is 5.32 Å². The molecule has 7 heteroatoms. The van der Waals surface area contributed by atoms with Crippen molar-refractivity contribution in [2.24, 2.45) is 0 Å². The lowest BCUT2D eigenvalue weighted by Gasteiger charge is -2.32. The number of thiazole rings is 1. The molecule has 1 aliphatic rings. The number of hydrogen-bond donors (Lipinski definition) is 2. The maximum absolute atomic E-state index is 12.3. The molecule has 1 fully saturated rings. The van der Waals surface area contributed by atoms with E-state index in [1.54, 1.807) is 17.9 Å². The number of rotatable bonds is 4. The van der Waals surface area contributed by atoms with E-state index in [0.717, 1.165) is 36.4 Å². The number of imidazole rings is 1. The molecule has 22 heavy (non-hydrogen) atoms. The van der Waals surface area contributed by atoms with Gasteiger partial charge in [-0.3, -0.25) is 4.79 Å². The molecule has 0 unspecified atom stereocenters. The first-order chi connectivity index (χ1) is 10.6. The molecule has 1 amide bonds. The molecule has 2 aromatic rings. The summed E-state index contributed by atoms with van der Waals surface area (Å²) in [6, 6.07) is 0.903. The minimum Gasteiger partial charge on any atom is -0.348 e. The van der Waals surface area contributed by atoms with E-state index in [1.807, 2.05) is 0 Å². The molecule has 0 bridgehead atoms. The van der Waals surface area contributed by atoms with Gasteiger partial charge in [0.25, 0.3) is 5.91 Å². The van der Waals surface area contributed by atoms with Crippen LogP contribution in [0, 0.1) is 0 Å². The van der Waals surface area contributed by atoms with Gasteiger partial charge in [0.2, 0.25) is 0 Å². The second kappa shape index (κ2) is 6.58. The van der Waals surface area contributed by atoms with Gasteiger partial charge in [0, 0.05) is 17.5 Å². The van der Waals surface area contributed by atoms with Crippen molar-refractivity contribution in [2.75, 3.05) is 14.1 Å². The molecule has 1 aliphatic carbocycles. The molecule has 6 nitrogen and oxygen atoms in total. The predicted octanol–water partition coefficient (Wildman–Crippen LogP) is 2.14. The number of carbonyl (C=O) groups excluding carboxylic acids is 1. The van der Waals surface area contributed by atoms with Crippen molar-refractivity contribution >= 4 is 17.2 Å². The highest BCUT2D eigenvalue weighted by molar-refractivity contribution is 7.13. The number of hydrogen-bond acceptors (Lipinski definition) is 5. The van der Waals surface area contributed by atoms with Crippen LogP contribution in [0.5, 0.6) is 0 Å². The van der Waals surface area contributed by atoms with Gasteiger partial charge in [-0.25, -0.2) is 9.97 Å². The summed E-state index contributed by atoms with van der Waals surface area (Å²) in [5.74, 6) is -0.0738. The van der Waals surface area contributed by atoms with Crippen LogP contribution in [0.3, 0.4) is 0 Å². The molecule has 2 aromatic heterocycles. The Labute approximate surface area is 134 Å². The Kier molecular flexibility index (Phi) is 4.54. The molecule has 0 aliphatic heterocycles. The molecule has 1 saturated carbocycles. The number of nitrogens with one attached hydrogen (secondary N) is 2. The van der Waals surface area contributed by atoms with Crippen LogP contribution in [0.2, 0.25) is 0 Å². The maximum atomic E-state index is 12.3. The van der Waals surface area contributed by atoms with Gasteiger partial charge in [-0.05, 0) is 39.8 Å². The SMILES string of the molecule is CN(C)C1CCC(NC(=O)c2csc(-c3cnc[nH]3)n2)CC1. The summed E-state index contributed by atoms with van der Waals surface area (Å²) in [4.78, 5) is 25.9. The summed E-state index contributed by atoms with van der Waals surface area (Å²) < 4.78 is 0. The number of amides is 1. The number of H-pyrrole nitrogens is 1. The molecule has 0 spiro atoms. The maximum Gasteiger partial charge on any atom is 0.270 e. The Morgan fingerprint density at radius 1 is 1.36 bits per heavy atom. The highest BCUT2D eigenvalue weighted by atomic mass is 32.1. The Morgan fingerprint density at radius 2 is 2.14 bits per heavy atom. The van der Waals surface area contributed by atoms with Gasteiger partial charge in [-0.2, -0.15) is 0 Å².